The number of nitrogens with zero attached hydrogens (tertiary/aromatic N) is 4. The van der Waals surface area contributed by atoms with Gasteiger partial charge >= 0.3 is 17.9 Å². The molecule has 1 aliphatic heterocycles. The van der Waals surface area contributed by atoms with Gasteiger partial charge in [0.2, 0.25) is 5.91 Å². The van der Waals surface area contributed by atoms with Crippen molar-refractivity contribution in [3.8, 4) is 5.75 Å². The molecule has 0 aromatic heterocycles. The molecule has 1 fully saturated rings. The lowest BCUT2D eigenvalue weighted by atomic mass is 10.2. The average molecular weight is 567 g/mol. The van der Waals surface area contributed by atoms with Crippen LogP contribution in [0, 0.1) is 0 Å². The molecule has 15 heteroatoms. The number of rotatable bonds is 12. The lowest BCUT2D eigenvalue weighted by Crippen LogP contribution is -2.50. The highest BCUT2D eigenvalue weighted by Gasteiger charge is 2.21. The number of carbonyl (C=O) groups is 5. The van der Waals surface area contributed by atoms with Crippen LogP contribution in [0.2, 0.25) is 0 Å². The van der Waals surface area contributed by atoms with E-state index in [1.165, 1.54) is 24.3 Å². The molecule has 0 atom stereocenters. The Morgan fingerprint density at radius 2 is 0.925 bits per heavy atom. The van der Waals surface area contributed by atoms with Crippen molar-refractivity contribution in [2.75, 3.05) is 91.6 Å². The third-order valence-electron chi connectivity index (χ3n) is 6.24. The minimum Gasteiger partial charge on any atom is -0.508 e. The van der Waals surface area contributed by atoms with Crippen LogP contribution in [-0.2, 0) is 19.2 Å². The van der Waals surface area contributed by atoms with Crippen LogP contribution in [-0.4, -0.2) is 161 Å². The minimum absolute atomic E-state index is 0.0150. The number of aromatic hydroxyl groups is 1. The SMILES string of the molecule is O=C(O)CN1CCN(CC(=O)O)CCN(CC(=O)NCCNC(=O)c2ccc(O)cc2)CCN(CC(=O)O)CC1. The van der Waals surface area contributed by atoms with Crippen molar-refractivity contribution in [3.05, 3.63) is 29.8 Å². The Morgan fingerprint density at radius 3 is 1.30 bits per heavy atom. The summed E-state index contributed by atoms with van der Waals surface area (Å²) in [5.41, 5.74) is 0.367. The fourth-order valence-electron chi connectivity index (χ4n) is 4.14. The third kappa shape index (κ3) is 13.3. The van der Waals surface area contributed by atoms with Gasteiger partial charge in [-0.05, 0) is 24.3 Å². The van der Waals surface area contributed by atoms with Crippen molar-refractivity contribution in [3.63, 3.8) is 0 Å². The molecular weight excluding hydrogens is 528 g/mol. The normalized spacial score (nSPS) is 16.8. The van der Waals surface area contributed by atoms with Crippen LogP contribution in [0.15, 0.2) is 24.3 Å². The van der Waals surface area contributed by atoms with Gasteiger partial charge in [-0.2, -0.15) is 0 Å². The van der Waals surface area contributed by atoms with Gasteiger partial charge in [0.25, 0.3) is 5.91 Å². The van der Waals surface area contributed by atoms with Crippen molar-refractivity contribution >= 4 is 29.7 Å². The minimum atomic E-state index is -1.03. The molecule has 0 radical (unpaired) electrons. The molecule has 15 nitrogen and oxygen atoms in total. The first-order chi connectivity index (χ1) is 19.0. The number of aliphatic carboxylic acids is 3. The van der Waals surface area contributed by atoms with E-state index in [-0.39, 0.29) is 69.9 Å². The number of amides is 2. The fourth-order valence-corrected chi connectivity index (χ4v) is 4.14. The van der Waals surface area contributed by atoms with Crippen LogP contribution in [0.1, 0.15) is 10.4 Å². The van der Waals surface area contributed by atoms with Crippen molar-refractivity contribution < 1.29 is 44.4 Å². The van der Waals surface area contributed by atoms with E-state index >= 15 is 0 Å². The number of hydrogen-bond acceptors (Lipinski definition) is 10. The van der Waals surface area contributed by atoms with E-state index in [0.717, 1.165) is 0 Å². The molecule has 0 spiro atoms. The van der Waals surface area contributed by atoms with Gasteiger partial charge in [-0.3, -0.25) is 43.6 Å². The van der Waals surface area contributed by atoms with Gasteiger partial charge in [-0.1, -0.05) is 0 Å². The van der Waals surface area contributed by atoms with Gasteiger partial charge < -0.3 is 31.1 Å². The van der Waals surface area contributed by atoms with Crippen molar-refractivity contribution in [2.24, 2.45) is 0 Å². The molecule has 0 unspecified atom stereocenters. The Labute approximate surface area is 231 Å². The van der Waals surface area contributed by atoms with Gasteiger partial charge in [0.05, 0.1) is 26.2 Å². The second kappa shape index (κ2) is 17.0. The van der Waals surface area contributed by atoms with E-state index in [0.29, 0.717) is 44.8 Å². The summed E-state index contributed by atoms with van der Waals surface area (Å²) in [6.07, 6.45) is 0. The molecule has 222 valence electrons. The molecule has 2 rings (SSSR count). The highest BCUT2D eigenvalue weighted by atomic mass is 16.4. The van der Waals surface area contributed by atoms with Gasteiger partial charge in [0.15, 0.2) is 0 Å². The Bertz CT molecular complexity index is 975. The second-order valence-electron chi connectivity index (χ2n) is 9.44. The number of phenolic OH excluding ortho intramolecular Hbond substituents is 1. The zero-order valence-corrected chi connectivity index (χ0v) is 22.3. The number of benzene rings is 1. The van der Waals surface area contributed by atoms with E-state index in [2.05, 4.69) is 10.6 Å². The number of carboxylic acids is 3. The van der Waals surface area contributed by atoms with E-state index in [4.69, 9.17) is 0 Å². The Kier molecular flexibility index (Phi) is 13.8. The molecule has 1 aromatic carbocycles. The first-order valence-corrected chi connectivity index (χ1v) is 12.9. The summed E-state index contributed by atoms with van der Waals surface area (Å²) >= 11 is 0. The number of carbonyl (C=O) groups excluding carboxylic acids is 2. The summed E-state index contributed by atoms with van der Waals surface area (Å²) in [7, 11) is 0. The molecule has 1 aromatic rings. The number of carboxylic acid groups (broad SMARTS) is 3. The number of nitrogens with one attached hydrogen (secondary N) is 2. The quantitative estimate of drug-likeness (QED) is 0.148. The van der Waals surface area contributed by atoms with Crippen LogP contribution in [0.5, 0.6) is 5.75 Å². The summed E-state index contributed by atoms with van der Waals surface area (Å²) in [6, 6.07) is 5.75. The van der Waals surface area contributed by atoms with Crippen LogP contribution in [0.25, 0.3) is 0 Å². The van der Waals surface area contributed by atoms with Crippen LogP contribution >= 0.6 is 0 Å². The maximum atomic E-state index is 12.6. The van der Waals surface area contributed by atoms with Crippen LogP contribution in [0.3, 0.4) is 0 Å². The molecule has 2 amide bonds. The zero-order valence-electron chi connectivity index (χ0n) is 22.3. The van der Waals surface area contributed by atoms with Gasteiger partial charge in [-0.25, -0.2) is 0 Å². The van der Waals surface area contributed by atoms with Crippen LogP contribution < -0.4 is 10.6 Å². The molecular formula is C25H38N6O9. The molecule has 0 aliphatic carbocycles. The maximum absolute atomic E-state index is 12.6. The Balaban J connectivity index is 1.95. The number of phenols is 1. The topological polar surface area (TPSA) is 203 Å². The molecule has 0 saturated carbocycles. The zero-order chi connectivity index (χ0) is 29.5. The number of hydrogen-bond donors (Lipinski definition) is 6. The van der Waals surface area contributed by atoms with E-state index < -0.39 is 17.9 Å². The van der Waals surface area contributed by atoms with E-state index in [1.807, 2.05) is 4.90 Å². The first-order valence-electron chi connectivity index (χ1n) is 12.9. The molecule has 40 heavy (non-hydrogen) atoms. The lowest BCUT2D eigenvalue weighted by molar-refractivity contribution is -0.140. The van der Waals surface area contributed by atoms with Gasteiger partial charge in [-0.15, -0.1) is 0 Å². The Morgan fingerprint density at radius 1 is 0.575 bits per heavy atom. The largest absolute Gasteiger partial charge is 0.508 e. The van der Waals surface area contributed by atoms with E-state index in [9.17, 15) is 44.4 Å². The van der Waals surface area contributed by atoms with Crippen molar-refractivity contribution in [1.29, 1.82) is 0 Å². The highest BCUT2D eigenvalue weighted by Crippen LogP contribution is 2.09. The third-order valence-corrected chi connectivity index (χ3v) is 6.24. The maximum Gasteiger partial charge on any atom is 0.317 e. The van der Waals surface area contributed by atoms with Gasteiger partial charge in [0, 0.05) is 71.0 Å². The summed E-state index contributed by atoms with van der Waals surface area (Å²) in [5.74, 6) is -3.70. The summed E-state index contributed by atoms with van der Waals surface area (Å²) in [4.78, 5) is 65.6. The standard InChI is InChI=1S/C25H38N6O9/c32-20-3-1-19(2-4-20)25(40)27-6-5-26-21(33)15-28-7-9-29(16-22(34)35)11-13-31(18-24(38)39)14-12-30(10-8-28)17-23(36)37/h1-4,32H,5-18H2,(H,26,33)(H,27,40)(H,34,35)(H,36,37)(H,38,39). The molecule has 1 heterocycles. The van der Waals surface area contributed by atoms with Crippen molar-refractivity contribution in [1.82, 2.24) is 30.2 Å². The Hall–Kier alpha value is -3.79. The smallest absolute Gasteiger partial charge is 0.317 e. The molecule has 1 aliphatic rings. The molecule has 1 saturated heterocycles. The van der Waals surface area contributed by atoms with E-state index in [1.54, 1.807) is 14.7 Å². The summed E-state index contributed by atoms with van der Waals surface area (Å²) < 4.78 is 0. The van der Waals surface area contributed by atoms with Crippen LogP contribution in [0.4, 0.5) is 0 Å². The second-order valence-corrected chi connectivity index (χ2v) is 9.44. The van der Waals surface area contributed by atoms with Crippen molar-refractivity contribution in [2.45, 2.75) is 0 Å². The fraction of sp³-hybridized carbons (Fsp3) is 0.560. The molecule has 0 bridgehead atoms. The monoisotopic (exact) mass is 566 g/mol. The first kappa shape index (κ1) is 32.4. The summed E-state index contributed by atoms with van der Waals surface area (Å²) in [6.45, 7) is 2.04. The predicted molar refractivity (Wildman–Crippen MR) is 142 cm³/mol. The predicted octanol–water partition coefficient (Wildman–Crippen LogP) is -2.29. The highest BCUT2D eigenvalue weighted by molar-refractivity contribution is 5.94. The molecule has 6 N–H and O–H groups in total. The lowest BCUT2D eigenvalue weighted by Gasteiger charge is -2.32. The summed E-state index contributed by atoms with van der Waals surface area (Å²) in [5, 5.41) is 42.6. The average Bonchev–Trinajstić information content (AvgIpc) is 2.87. The van der Waals surface area contributed by atoms with Gasteiger partial charge in [0.1, 0.15) is 5.75 Å².